The van der Waals surface area contributed by atoms with E-state index in [0.29, 0.717) is 6.04 Å². The first-order valence-electron chi connectivity index (χ1n) is 7.22. The Hall–Kier alpha value is -1.46. The number of carbonyl (C=O) groups excluding carboxylic acids is 1. The molecule has 108 valence electrons. The molecule has 5 heteroatoms. The fourth-order valence-corrected chi connectivity index (χ4v) is 2.84. The van der Waals surface area contributed by atoms with E-state index >= 15 is 0 Å². The van der Waals surface area contributed by atoms with Crippen molar-refractivity contribution in [2.75, 3.05) is 0 Å². The van der Waals surface area contributed by atoms with Gasteiger partial charge in [-0.05, 0) is 43.4 Å². The largest absolute Gasteiger partial charge is 0.339 e. The second kappa shape index (κ2) is 5.14. The molecular weight excluding hydrogens is 257 g/mol. The molecule has 3 N–H and O–H groups in total. The molecule has 1 aromatic rings. The molecular formula is C15H20FN3O. The average Bonchev–Trinajstić information content (AvgIpc) is 3.14. The molecule has 1 saturated heterocycles. The number of hydrazine groups is 1. The van der Waals surface area contributed by atoms with Crippen LogP contribution in [-0.4, -0.2) is 18.1 Å². The normalized spacial score (nSPS) is 27.3. The predicted octanol–water partition coefficient (Wildman–Crippen LogP) is 1.58. The summed E-state index contributed by atoms with van der Waals surface area (Å²) in [7, 11) is 0. The van der Waals surface area contributed by atoms with Crippen LogP contribution in [0.3, 0.4) is 0 Å². The van der Waals surface area contributed by atoms with Crippen molar-refractivity contribution in [1.82, 2.24) is 16.2 Å². The van der Waals surface area contributed by atoms with Crippen LogP contribution in [0, 0.1) is 5.82 Å². The van der Waals surface area contributed by atoms with Gasteiger partial charge in [-0.1, -0.05) is 19.1 Å². The Kier molecular flexibility index (Phi) is 3.48. The Morgan fingerprint density at radius 3 is 2.85 bits per heavy atom. The van der Waals surface area contributed by atoms with Gasteiger partial charge in [0.25, 0.3) is 0 Å². The number of amides is 1. The highest BCUT2D eigenvalue weighted by atomic mass is 19.1. The fraction of sp³-hybridized carbons (Fsp3) is 0.533. The Balaban J connectivity index is 1.68. The SMILES string of the molecule is CCC1CC(NC(=O)C2(c3cccc(F)c3)CC2)NN1. The second-order valence-electron chi connectivity index (χ2n) is 5.75. The number of hydrogen-bond donors (Lipinski definition) is 3. The summed E-state index contributed by atoms with van der Waals surface area (Å²) < 4.78 is 13.3. The lowest BCUT2D eigenvalue weighted by molar-refractivity contribution is -0.124. The lowest BCUT2D eigenvalue weighted by Gasteiger charge is -2.19. The van der Waals surface area contributed by atoms with E-state index in [2.05, 4.69) is 23.1 Å². The highest BCUT2D eigenvalue weighted by Gasteiger charge is 2.51. The molecule has 3 rings (SSSR count). The molecule has 0 aromatic heterocycles. The number of hydrogen-bond acceptors (Lipinski definition) is 3. The Morgan fingerprint density at radius 2 is 2.25 bits per heavy atom. The summed E-state index contributed by atoms with van der Waals surface area (Å²) in [6, 6.07) is 6.78. The standard InChI is InChI=1S/C15H20FN3O/c1-2-12-9-13(19-18-12)17-14(20)15(6-7-15)10-4-3-5-11(16)8-10/h3-5,8,12-13,18-19H,2,6-7,9H2,1H3,(H,17,20). The molecule has 2 unspecified atom stereocenters. The third kappa shape index (κ3) is 2.43. The zero-order valence-corrected chi connectivity index (χ0v) is 11.6. The van der Waals surface area contributed by atoms with Gasteiger partial charge in [0.1, 0.15) is 5.82 Å². The van der Waals surface area contributed by atoms with Gasteiger partial charge in [0.15, 0.2) is 0 Å². The van der Waals surface area contributed by atoms with E-state index in [1.165, 1.54) is 12.1 Å². The van der Waals surface area contributed by atoms with E-state index in [9.17, 15) is 9.18 Å². The van der Waals surface area contributed by atoms with E-state index in [1.807, 2.05) is 6.07 Å². The molecule has 1 saturated carbocycles. The molecule has 1 aliphatic heterocycles. The number of nitrogens with one attached hydrogen (secondary N) is 3. The van der Waals surface area contributed by atoms with Gasteiger partial charge in [-0.3, -0.25) is 10.2 Å². The van der Waals surface area contributed by atoms with Crippen molar-refractivity contribution in [3.8, 4) is 0 Å². The maximum Gasteiger partial charge on any atom is 0.231 e. The molecule has 2 aliphatic rings. The summed E-state index contributed by atoms with van der Waals surface area (Å²) in [5.41, 5.74) is 6.52. The summed E-state index contributed by atoms with van der Waals surface area (Å²) in [4.78, 5) is 12.5. The van der Waals surface area contributed by atoms with E-state index in [0.717, 1.165) is 31.2 Å². The van der Waals surface area contributed by atoms with Gasteiger partial charge < -0.3 is 5.32 Å². The topological polar surface area (TPSA) is 53.2 Å². The summed E-state index contributed by atoms with van der Waals surface area (Å²) in [6.07, 6.45) is 3.44. The summed E-state index contributed by atoms with van der Waals surface area (Å²) in [5.74, 6) is -0.285. The van der Waals surface area contributed by atoms with Crippen molar-refractivity contribution >= 4 is 5.91 Å². The molecule has 0 bridgehead atoms. The van der Waals surface area contributed by atoms with Crippen LogP contribution in [-0.2, 0) is 10.2 Å². The maximum absolute atomic E-state index is 13.3. The van der Waals surface area contributed by atoms with E-state index < -0.39 is 5.41 Å². The second-order valence-corrected chi connectivity index (χ2v) is 5.75. The minimum absolute atomic E-state index is 0.000784. The summed E-state index contributed by atoms with van der Waals surface area (Å²) in [6.45, 7) is 2.11. The third-order valence-corrected chi connectivity index (χ3v) is 4.34. The van der Waals surface area contributed by atoms with E-state index in [-0.39, 0.29) is 17.9 Å². The maximum atomic E-state index is 13.3. The number of carbonyl (C=O) groups is 1. The molecule has 2 fully saturated rings. The molecule has 0 radical (unpaired) electrons. The fourth-order valence-electron chi connectivity index (χ4n) is 2.84. The summed E-state index contributed by atoms with van der Waals surface area (Å²) >= 11 is 0. The summed E-state index contributed by atoms with van der Waals surface area (Å²) in [5, 5.41) is 3.03. The van der Waals surface area contributed by atoms with Crippen molar-refractivity contribution < 1.29 is 9.18 Å². The van der Waals surface area contributed by atoms with Gasteiger partial charge in [0, 0.05) is 6.04 Å². The molecule has 0 spiro atoms. The van der Waals surface area contributed by atoms with Crippen LogP contribution in [0.4, 0.5) is 4.39 Å². The first kappa shape index (κ1) is 13.5. The quantitative estimate of drug-likeness (QED) is 0.783. The van der Waals surface area contributed by atoms with Crippen molar-refractivity contribution in [2.24, 2.45) is 0 Å². The minimum Gasteiger partial charge on any atom is -0.339 e. The van der Waals surface area contributed by atoms with Gasteiger partial charge in [-0.25, -0.2) is 9.82 Å². The Bertz CT molecular complexity index is 516. The zero-order valence-electron chi connectivity index (χ0n) is 11.6. The first-order chi connectivity index (χ1) is 9.64. The van der Waals surface area contributed by atoms with Crippen molar-refractivity contribution in [2.45, 2.75) is 50.2 Å². The van der Waals surface area contributed by atoms with Gasteiger partial charge in [-0.2, -0.15) is 0 Å². The smallest absolute Gasteiger partial charge is 0.231 e. The Morgan fingerprint density at radius 1 is 1.45 bits per heavy atom. The Labute approximate surface area is 118 Å². The molecule has 20 heavy (non-hydrogen) atoms. The number of halogens is 1. The van der Waals surface area contributed by atoms with E-state index in [4.69, 9.17) is 0 Å². The van der Waals surface area contributed by atoms with Gasteiger partial charge in [0.2, 0.25) is 5.91 Å². The molecule has 1 amide bonds. The van der Waals surface area contributed by atoms with Crippen LogP contribution in [0.5, 0.6) is 0 Å². The third-order valence-electron chi connectivity index (χ3n) is 4.34. The van der Waals surface area contributed by atoms with Crippen LogP contribution in [0.25, 0.3) is 0 Å². The molecule has 2 atom stereocenters. The predicted molar refractivity (Wildman–Crippen MR) is 74.2 cm³/mol. The highest BCUT2D eigenvalue weighted by molar-refractivity contribution is 5.91. The molecule has 1 aromatic carbocycles. The van der Waals surface area contributed by atoms with Crippen molar-refractivity contribution in [3.63, 3.8) is 0 Å². The lowest BCUT2D eigenvalue weighted by Crippen LogP contribution is -2.48. The number of rotatable bonds is 4. The van der Waals surface area contributed by atoms with Crippen LogP contribution in [0.15, 0.2) is 24.3 Å². The monoisotopic (exact) mass is 277 g/mol. The average molecular weight is 277 g/mol. The molecule has 1 heterocycles. The molecule has 1 aliphatic carbocycles. The van der Waals surface area contributed by atoms with Crippen LogP contribution >= 0.6 is 0 Å². The lowest BCUT2D eigenvalue weighted by atomic mass is 9.94. The van der Waals surface area contributed by atoms with E-state index in [1.54, 1.807) is 6.07 Å². The van der Waals surface area contributed by atoms with Crippen molar-refractivity contribution in [3.05, 3.63) is 35.6 Å². The zero-order chi connectivity index (χ0) is 14.2. The minimum atomic E-state index is -0.520. The van der Waals surface area contributed by atoms with Gasteiger partial charge in [0.05, 0.1) is 11.6 Å². The number of benzene rings is 1. The van der Waals surface area contributed by atoms with Crippen molar-refractivity contribution in [1.29, 1.82) is 0 Å². The van der Waals surface area contributed by atoms with Crippen LogP contribution in [0.1, 0.15) is 38.2 Å². The van der Waals surface area contributed by atoms with Gasteiger partial charge >= 0.3 is 0 Å². The van der Waals surface area contributed by atoms with Gasteiger partial charge in [-0.15, -0.1) is 0 Å². The van der Waals surface area contributed by atoms with Crippen LogP contribution < -0.4 is 16.2 Å². The van der Waals surface area contributed by atoms with Crippen LogP contribution in [0.2, 0.25) is 0 Å². The first-order valence-corrected chi connectivity index (χ1v) is 7.22. The molecule has 4 nitrogen and oxygen atoms in total. The highest BCUT2D eigenvalue weighted by Crippen LogP contribution is 2.48.